The number of fused-ring (bicyclic) bond motifs is 3. The molecular formula is C48H40N4OS. The third kappa shape index (κ3) is 6.76. The molecule has 0 bridgehead atoms. The van der Waals surface area contributed by atoms with E-state index in [-0.39, 0.29) is 17.6 Å². The van der Waals surface area contributed by atoms with Crippen molar-refractivity contribution in [3.63, 3.8) is 0 Å². The number of nitrogens with zero attached hydrogens (tertiary/aromatic N) is 1. The molecule has 0 saturated carbocycles. The SMILES string of the molecule is N=C(SC(N)c1ccc(-c2ccc(C3CC(c4ccccc4)=NC(c4ccc(-c5ccccc5)cc4)N3)c3c2oc2ccccc23)cc1)C1=CCCC=C1. The summed E-state index contributed by atoms with van der Waals surface area (Å²) in [6, 6.07) is 51.0. The van der Waals surface area contributed by atoms with Gasteiger partial charge in [-0.25, -0.2) is 0 Å². The number of hydrogen-bond donors (Lipinski definition) is 3. The number of benzene rings is 6. The first-order valence-electron chi connectivity index (χ1n) is 18.5. The summed E-state index contributed by atoms with van der Waals surface area (Å²) in [5.74, 6) is 0. The summed E-state index contributed by atoms with van der Waals surface area (Å²) in [5.41, 5.74) is 19.3. The minimum Gasteiger partial charge on any atom is -0.455 e. The zero-order chi connectivity index (χ0) is 36.4. The lowest BCUT2D eigenvalue weighted by Crippen LogP contribution is -2.33. The summed E-state index contributed by atoms with van der Waals surface area (Å²) in [6.45, 7) is 0. The van der Waals surface area contributed by atoms with E-state index in [0.29, 0.717) is 5.04 Å². The van der Waals surface area contributed by atoms with Crippen molar-refractivity contribution in [2.75, 3.05) is 0 Å². The van der Waals surface area contributed by atoms with Crippen molar-refractivity contribution < 1.29 is 4.42 Å². The molecule has 264 valence electrons. The third-order valence-corrected chi connectivity index (χ3v) is 11.5. The number of thioether (sulfide) groups is 1. The largest absolute Gasteiger partial charge is 0.455 e. The van der Waals surface area contributed by atoms with Gasteiger partial charge in [0.1, 0.15) is 17.3 Å². The Labute approximate surface area is 319 Å². The summed E-state index contributed by atoms with van der Waals surface area (Å²) >= 11 is 1.39. The van der Waals surface area contributed by atoms with Crippen molar-refractivity contribution >= 4 is 44.5 Å². The fourth-order valence-electron chi connectivity index (χ4n) is 7.64. The van der Waals surface area contributed by atoms with Crippen LogP contribution in [0.25, 0.3) is 44.2 Å². The van der Waals surface area contributed by atoms with Gasteiger partial charge in [0.05, 0.1) is 10.4 Å². The van der Waals surface area contributed by atoms with Crippen LogP contribution in [0.2, 0.25) is 0 Å². The van der Waals surface area contributed by atoms with Crippen LogP contribution in [0.1, 0.15) is 59.1 Å². The Balaban J connectivity index is 1.07. The van der Waals surface area contributed by atoms with E-state index in [9.17, 15) is 0 Å². The fourth-order valence-corrected chi connectivity index (χ4v) is 8.47. The topological polar surface area (TPSA) is 87.4 Å². The average molecular weight is 721 g/mol. The molecule has 5 nitrogen and oxygen atoms in total. The fraction of sp³-hybridized carbons (Fsp3) is 0.125. The number of para-hydroxylation sites is 1. The van der Waals surface area contributed by atoms with Gasteiger partial charge in [-0.15, -0.1) is 0 Å². The molecule has 7 aromatic rings. The van der Waals surface area contributed by atoms with Crippen molar-refractivity contribution in [3.8, 4) is 22.3 Å². The maximum Gasteiger partial charge on any atom is 0.143 e. The van der Waals surface area contributed by atoms with Crippen LogP contribution in [-0.4, -0.2) is 10.8 Å². The highest BCUT2D eigenvalue weighted by Gasteiger charge is 2.29. The lowest BCUT2D eigenvalue weighted by molar-refractivity contribution is 0.444. The molecule has 0 saturated heterocycles. The van der Waals surface area contributed by atoms with Crippen LogP contribution in [0.3, 0.4) is 0 Å². The Morgan fingerprint density at radius 3 is 2.17 bits per heavy atom. The monoisotopic (exact) mass is 720 g/mol. The van der Waals surface area contributed by atoms with E-state index in [2.05, 4.69) is 151 Å². The van der Waals surface area contributed by atoms with E-state index >= 15 is 0 Å². The van der Waals surface area contributed by atoms with Gasteiger partial charge in [-0.05, 0) is 57.9 Å². The Kier molecular flexibility index (Phi) is 9.39. The van der Waals surface area contributed by atoms with Crippen LogP contribution in [0.15, 0.2) is 179 Å². The Bertz CT molecular complexity index is 2550. The second-order valence-corrected chi connectivity index (χ2v) is 15.0. The molecule has 2 aliphatic rings. The molecule has 6 aromatic carbocycles. The second-order valence-electron chi connectivity index (χ2n) is 13.9. The molecule has 3 atom stereocenters. The lowest BCUT2D eigenvalue weighted by Gasteiger charge is -2.31. The second kappa shape index (κ2) is 14.9. The van der Waals surface area contributed by atoms with Crippen molar-refractivity contribution in [1.82, 2.24) is 5.32 Å². The summed E-state index contributed by atoms with van der Waals surface area (Å²) < 4.78 is 6.72. The highest BCUT2D eigenvalue weighted by atomic mass is 32.2. The quantitative estimate of drug-likeness (QED) is 0.0828. The summed E-state index contributed by atoms with van der Waals surface area (Å²) in [5, 5.41) is 14.9. The van der Waals surface area contributed by atoms with E-state index in [4.69, 9.17) is 20.6 Å². The third-order valence-electron chi connectivity index (χ3n) is 10.5. The first-order chi connectivity index (χ1) is 26.6. The predicted octanol–water partition coefficient (Wildman–Crippen LogP) is 12.1. The van der Waals surface area contributed by atoms with Crippen molar-refractivity contribution in [2.24, 2.45) is 10.7 Å². The van der Waals surface area contributed by atoms with Gasteiger partial charge in [-0.2, -0.15) is 0 Å². The molecular weight excluding hydrogens is 681 g/mol. The maximum atomic E-state index is 8.59. The molecule has 54 heavy (non-hydrogen) atoms. The van der Waals surface area contributed by atoms with Gasteiger partial charge in [0.2, 0.25) is 0 Å². The van der Waals surface area contributed by atoms with Gasteiger partial charge < -0.3 is 10.2 Å². The van der Waals surface area contributed by atoms with Crippen LogP contribution < -0.4 is 11.1 Å². The minimum absolute atomic E-state index is 0.0177. The van der Waals surface area contributed by atoms with Crippen LogP contribution in [-0.2, 0) is 0 Å². The number of nitrogens with two attached hydrogens (primary N) is 1. The van der Waals surface area contributed by atoms with Crippen molar-refractivity contribution in [1.29, 1.82) is 5.41 Å². The number of nitrogens with one attached hydrogen (secondary N) is 2. The maximum absolute atomic E-state index is 8.59. The Morgan fingerprint density at radius 1 is 0.741 bits per heavy atom. The summed E-state index contributed by atoms with van der Waals surface area (Å²) in [7, 11) is 0. The van der Waals surface area contributed by atoms with Crippen molar-refractivity contribution in [3.05, 3.63) is 192 Å². The summed E-state index contributed by atoms with van der Waals surface area (Å²) in [6.07, 6.45) is 8.78. The Morgan fingerprint density at radius 2 is 1.43 bits per heavy atom. The molecule has 6 heteroatoms. The van der Waals surface area contributed by atoms with Crippen molar-refractivity contribution in [2.45, 2.75) is 36.8 Å². The molecule has 0 amide bonds. The highest BCUT2D eigenvalue weighted by Crippen LogP contribution is 2.43. The summed E-state index contributed by atoms with van der Waals surface area (Å²) in [4.78, 5) is 5.31. The number of furan rings is 1. The number of allylic oxidation sites excluding steroid dienone is 3. The number of rotatable bonds is 8. The molecule has 1 aromatic heterocycles. The van der Waals surface area contributed by atoms with E-state index in [1.54, 1.807) is 0 Å². The first-order valence-corrected chi connectivity index (χ1v) is 19.4. The van der Waals surface area contributed by atoms with Gasteiger partial charge in [0.25, 0.3) is 0 Å². The zero-order valence-electron chi connectivity index (χ0n) is 29.8. The van der Waals surface area contributed by atoms with Crippen LogP contribution in [0.5, 0.6) is 0 Å². The van der Waals surface area contributed by atoms with Gasteiger partial charge in [-0.1, -0.05) is 170 Å². The lowest BCUT2D eigenvalue weighted by atomic mass is 9.89. The zero-order valence-corrected chi connectivity index (χ0v) is 30.6. The molecule has 4 N–H and O–H groups in total. The molecule has 0 radical (unpaired) electrons. The van der Waals surface area contributed by atoms with E-state index < -0.39 is 0 Å². The first kappa shape index (κ1) is 34.0. The molecule has 3 unspecified atom stereocenters. The minimum atomic E-state index is -0.336. The average Bonchev–Trinajstić information content (AvgIpc) is 3.64. The number of hydrogen-bond acceptors (Lipinski definition) is 6. The van der Waals surface area contributed by atoms with Crippen LogP contribution >= 0.6 is 11.8 Å². The van der Waals surface area contributed by atoms with Gasteiger partial charge in [0, 0.05) is 40.1 Å². The smallest absolute Gasteiger partial charge is 0.143 e. The van der Waals surface area contributed by atoms with E-state index in [0.717, 1.165) is 80.3 Å². The van der Waals surface area contributed by atoms with Gasteiger partial charge >= 0.3 is 0 Å². The molecule has 0 spiro atoms. The molecule has 1 aliphatic carbocycles. The van der Waals surface area contributed by atoms with E-state index in [1.165, 1.54) is 28.5 Å². The van der Waals surface area contributed by atoms with E-state index in [1.807, 2.05) is 18.2 Å². The molecule has 9 rings (SSSR count). The molecule has 2 heterocycles. The van der Waals surface area contributed by atoms with Gasteiger partial charge in [0.15, 0.2) is 0 Å². The van der Waals surface area contributed by atoms with Crippen LogP contribution in [0, 0.1) is 5.41 Å². The predicted molar refractivity (Wildman–Crippen MR) is 226 cm³/mol. The standard InChI is InChI=1S/C48H40N4OS/c49-46(35-16-8-3-9-17-35)54-47(50)36-24-22-33(23-25-36)38-28-29-39(44-40-18-10-11-19-43(40)53-45(38)44)42-30-41(34-14-6-2-7-15-34)51-48(52-42)37-26-20-32(21-27-37)31-12-4-1-5-13-31/h1-2,4-8,10-29,42,47-49,52H,3,9,30,50H2. The Hall–Kier alpha value is -5.79. The van der Waals surface area contributed by atoms with Crippen LogP contribution in [0.4, 0.5) is 0 Å². The number of aliphatic imine (C=N–C) groups is 1. The molecule has 0 fully saturated rings. The molecule has 1 aliphatic heterocycles. The highest BCUT2D eigenvalue weighted by molar-refractivity contribution is 8.14. The van der Waals surface area contributed by atoms with Gasteiger partial charge in [-0.3, -0.25) is 15.7 Å². The normalized spacial score (nSPS) is 17.6.